The number of rotatable bonds is 3. The summed E-state index contributed by atoms with van der Waals surface area (Å²) in [5, 5.41) is 0. The summed E-state index contributed by atoms with van der Waals surface area (Å²) < 4.78 is 75.5. The lowest BCUT2D eigenvalue weighted by molar-refractivity contribution is -0.253. The van der Waals surface area contributed by atoms with Crippen LogP contribution < -0.4 is 0 Å². The van der Waals surface area contributed by atoms with Gasteiger partial charge >= 0.3 is 12.4 Å². The van der Waals surface area contributed by atoms with Gasteiger partial charge in [0, 0.05) is 0 Å². The van der Waals surface area contributed by atoms with E-state index < -0.39 is 29.4 Å². The van der Waals surface area contributed by atoms with E-state index in [1.807, 2.05) is 0 Å². The van der Waals surface area contributed by atoms with Gasteiger partial charge in [-0.2, -0.15) is 31.3 Å². The van der Waals surface area contributed by atoms with Gasteiger partial charge in [-0.3, -0.25) is 0 Å². The van der Waals surface area contributed by atoms with Crippen molar-refractivity contribution in [3.8, 4) is 0 Å². The molecule has 8 heteroatoms. The standard InChI is InChI=1S/C13H9F6NO/c14-12(15,16)10(13(17,18)19)8-1-3-9(4-2-8)11(5-6-11)20-7-21/h1-4,10H,5-6H2. The number of alkyl halides is 6. The summed E-state index contributed by atoms with van der Waals surface area (Å²) in [7, 11) is 0. The Balaban J connectivity index is 2.35. The molecule has 0 heterocycles. The van der Waals surface area contributed by atoms with Gasteiger partial charge in [-0.15, -0.1) is 0 Å². The van der Waals surface area contributed by atoms with Gasteiger partial charge < -0.3 is 0 Å². The van der Waals surface area contributed by atoms with E-state index in [9.17, 15) is 31.1 Å². The first-order valence-electron chi connectivity index (χ1n) is 5.93. The summed E-state index contributed by atoms with van der Waals surface area (Å²) in [6, 6.07) is 3.85. The fourth-order valence-electron chi connectivity index (χ4n) is 2.22. The van der Waals surface area contributed by atoms with Crippen LogP contribution in [0.1, 0.15) is 29.9 Å². The summed E-state index contributed by atoms with van der Waals surface area (Å²) in [6.45, 7) is 0. The molecule has 114 valence electrons. The molecule has 2 rings (SSSR count). The van der Waals surface area contributed by atoms with Gasteiger partial charge in [0.15, 0.2) is 5.92 Å². The van der Waals surface area contributed by atoms with Crippen LogP contribution in [0.2, 0.25) is 0 Å². The van der Waals surface area contributed by atoms with Crippen LogP contribution in [0.15, 0.2) is 29.3 Å². The van der Waals surface area contributed by atoms with E-state index in [0.29, 0.717) is 18.4 Å². The number of hydrogen-bond acceptors (Lipinski definition) is 2. The number of aliphatic imine (C=N–C) groups is 1. The van der Waals surface area contributed by atoms with E-state index in [1.54, 1.807) is 0 Å². The first kappa shape index (κ1) is 15.6. The Hall–Kier alpha value is -1.82. The molecule has 0 amide bonds. The predicted molar refractivity (Wildman–Crippen MR) is 60.3 cm³/mol. The molecule has 0 spiro atoms. The van der Waals surface area contributed by atoms with Crippen molar-refractivity contribution in [1.29, 1.82) is 0 Å². The lowest BCUT2D eigenvalue weighted by atomic mass is 9.95. The predicted octanol–water partition coefficient (Wildman–Crippen LogP) is 4.22. The third kappa shape index (κ3) is 3.10. The molecular formula is C13H9F6NO. The molecule has 0 N–H and O–H groups in total. The van der Waals surface area contributed by atoms with Gasteiger partial charge in [0.05, 0.1) is 5.54 Å². The second kappa shape index (κ2) is 4.87. The number of hydrogen-bond donors (Lipinski definition) is 0. The second-order valence-electron chi connectivity index (χ2n) is 4.87. The average Bonchev–Trinajstić information content (AvgIpc) is 3.07. The molecule has 0 bridgehead atoms. The molecule has 0 unspecified atom stereocenters. The lowest BCUT2D eigenvalue weighted by Crippen LogP contribution is -2.34. The largest absolute Gasteiger partial charge is 0.404 e. The molecule has 1 aliphatic rings. The number of benzene rings is 1. The van der Waals surface area contributed by atoms with Crippen molar-refractivity contribution < 1.29 is 31.1 Å². The Morgan fingerprint density at radius 3 is 1.81 bits per heavy atom. The first-order chi connectivity index (χ1) is 9.60. The van der Waals surface area contributed by atoms with E-state index in [0.717, 1.165) is 24.3 Å². The van der Waals surface area contributed by atoms with Crippen molar-refractivity contribution in [3.63, 3.8) is 0 Å². The number of nitrogens with zero attached hydrogens (tertiary/aromatic N) is 1. The normalized spacial score (nSPS) is 17.5. The maximum absolute atomic E-state index is 12.6. The van der Waals surface area contributed by atoms with Crippen LogP contribution in [-0.2, 0) is 10.3 Å². The highest BCUT2D eigenvalue weighted by Crippen LogP contribution is 2.50. The fraction of sp³-hybridized carbons (Fsp3) is 0.462. The fourth-order valence-corrected chi connectivity index (χ4v) is 2.22. The number of halogens is 6. The molecule has 21 heavy (non-hydrogen) atoms. The number of isocyanates is 1. The Morgan fingerprint density at radius 2 is 1.48 bits per heavy atom. The second-order valence-corrected chi connectivity index (χ2v) is 4.87. The third-order valence-electron chi connectivity index (χ3n) is 3.42. The third-order valence-corrected chi connectivity index (χ3v) is 3.42. The molecule has 1 aromatic rings. The van der Waals surface area contributed by atoms with Gasteiger partial charge in [-0.25, -0.2) is 4.79 Å². The van der Waals surface area contributed by atoms with Crippen molar-refractivity contribution in [2.24, 2.45) is 4.99 Å². The van der Waals surface area contributed by atoms with Crippen molar-refractivity contribution in [2.45, 2.75) is 36.7 Å². The minimum absolute atomic E-state index is 0.415. The monoisotopic (exact) mass is 309 g/mol. The Morgan fingerprint density at radius 1 is 1.00 bits per heavy atom. The van der Waals surface area contributed by atoms with Gasteiger partial charge in [0.2, 0.25) is 6.08 Å². The molecule has 0 radical (unpaired) electrons. The van der Waals surface area contributed by atoms with Crippen LogP contribution in [-0.4, -0.2) is 18.4 Å². The topological polar surface area (TPSA) is 29.4 Å². The molecule has 2 nitrogen and oxygen atoms in total. The minimum atomic E-state index is -5.42. The molecule has 1 aliphatic carbocycles. The van der Waals surface area contributed by atoms with Crippen LogP contribution >= 0.6 is 0 Å². The van der Waals surface area contributed by atoms with E-state index in [4.69, 9.17) is 0 Å². The maximum Gasteiger partial charge on any atom is 0.404 e. The van der Waals surface area contributed by atoms with E-state index in [2.05, 4.69) is 4.99 Å². The maximum atomic E-state index is 12.6. The van der Waals surface area contributed by atoms with E-state index in [1.165, 1.54) is 6.08 Å². The smallest absolute Gasteiger partial charge is 0.211 e. The van der Waals surface area contributed by atoms with Crippen LogP contribution in [0.5, 0.6) is 0 Å². The van der Waals surface area contributed by atoms with Gasteiger partial charge in [-0.05, 0) is 24.0 Å². The molecular weight excluding hydrogens is 300 g/mol. The summed E-state index contributed by atoms with van der Waals surface area (Å²) in [4.78, 5) is 13.8. The van der Waals surface area contributed by atoms with E-state index in [-0.39, 0.29) is 0 Å². The van der Waals surface area contributed by atoms with Gasteiger partial charge in [-0.1, -0.05) is 24.3 Å². The van der Waals surface area contributed by atoms with Crippen molar-refractivity contribution in [2.75, 3.05) is 0 Å². The summed E-state index contributed by atoms with van der Waals surface area (Å²) in [6.07, 6.45) is -8.43. The van der Waals surface area contributed by atoms with Crippen molar-refractivity contribution >= 4 is 6.08 Å². The molecule has 1 aromatic carbocycles. The highest BCUT2D eigenvalue weighted by Gasteiger charge is 2.57. The van der Waals surface area contributed by atoms with E-state index >= 15 is 0 Å². The molecule has 0 aliphatic heterocycles. The Bertz CT molecular complexity index is 550. The lowest BCUT2D eigenvalue weighted by Gasteiger charge is -2.23. The molecule has 1 fully saturated rings. The van der Waals surface area contributed by atoms with Crippen molar-refractivity contribution in [1.82, 2.24) is 0 Å². The summed E-state index contributed by atoms with van der Waals surface area (Å²) in [5.74, 6) is -3.52. The zero-order chi connectivity index (χ0) is 15.9. The van der Waals surface area contributed by atoms with Gasteiger partial charge in [0.1, 0.15) is 0 Å². The first-order valence-corrected chi connectivity index (χ1v) is 5.93. The van der Waals surface area contributed by atoms with Gasteiger partial charge in [0.25, 0.3) is 0 Å². The minimum Gasteiger partial charge on any atom is -0.211 e. The van der Waals surface area contributed by atoms with Crippen molar-refractivity contribution in [3.05, 3.63) is 35.4 Å². The quantitative estimate of drug-likeness (QED) is 0.467. The molecule has 0 aromatic heterocycles. The Kier molecular flexibility index (Phi) is 3.61. The summed E-state index contributed by atoms with van der Waals surface area (Å²) in [5.41, 5.74) is -1.30. The Labute approximate surface area is 115 Å². The van der Waals surface area contributed by atoms with Crippen LogP contribution in [0, 0.1) is 0 Å². The average molecular weight is 309 g/mol. The van der Waals surface area contributed by atoms with Crippen LogP contribution in [0.3, 0.4) is 0 Å². The zero-order valence-corrected chi connectivity index (χ0v) is 10.4. The highest BCUT2D eigenvalue weighted by atomic mass is 19.4. The highest BCUT2D eigenvalue weighted by molar-refractivity contribution is 5.42. The SMILES string of the molecule is O=C=NC1(c2ccc(C(C(F)(F)F)C(F)(F)F)cc2)CC1. The van der Waals surface area contributed by atoms with Crippen LogP contribution in [0.4, 0.5) is 26.3 Å². The zero-order valence-electron chi connectivity index (χ0n) is 10.4. The van der Waals surface area contributed by atoms with Crippen LogP contribution in [0.25, 0.3) is 0 Å². The summed E-state index contributed by atoms with van der Waals surface area (Å²) >= 11 is 0. The molecule has 0 saturated heterocycles. The number of carbonyl (C=O) groups excluding carboxylic acids is 1. The molecule has 0 atom stereocenters. The molecule has 1 saturated carbocycles.